The molecule has 1 atom stereocenters. The molecule has 0 saturated heterocycles. The van der Waals surface area contributed by atoms with Gasteiger partial charge < -0.3 is 9.47 Å². The molecule has 4 rings (SSSR count). The first-order valence-corrected chi connectivity index (χ1v) is 7.52. The zero-order valence-electron chi connectivity index (χ0n) is 12.9. The molecule has 1 aromatic carbocycles. The van der Waals surface area contributed by atoms with Crippen LogP contribution in [-0.2, 0) is 6.42 Å². The van der Waals surface area contributed by atoms with Gasteiger partial charge in [-0.2, -0.15) is 0 Å². The summed E-state index contributed by atoms with van der Waals surface area (Å²) in [4.78, 5) is 17.4. The number of hydrogen-bond donors (Lipinski definition) is 0. The van der Waals surface area contributed by atoms with E-state index in [1.807, 2.05) is 43.3 Å². The van der Waals surface area contributed by atoms with Crippen molar-refractivity contribution in [2.45, 2.75) is 19.4 Å². The Labute approximate surface area is 133 Å². The van der Waals surface area contributed by atoms with Gasteiger partial charge >= 0.3 is 0 Å². The van der Waals surface area contributed by atoms with Gasteiger partial charge in [0.05, 0.1) is 23.7 Å². The summed E-state index contributed by atoms with van der Waals surface area (Å²) in [5.41, 5.74) is 2.02. The minimum absolute atomic E-state index is 0.00724. The average molecular weight is 308 g/mol. The van der Waals surface area contributed by atoms with Gasteiger partial charge in [-0.25, -0.2) is 4.98 Å². The van der Waals surface area contributed by atoms with Crippen molar-refractivity contribution in [2.75, 3.05) is 7.11 Å². The van der Waals surface area contributed by atoms with Crippen LogP contribution < -0.4 is 15.0 Å². The van der Waals surface area contributed by atoms with E-state index in [9.17, 15) is 4.79 Å². The van der Waals surface area contributed by atoms with E-state index in [0.29, 0.717) is 23.4 Å². The molecule has 0 saturated carbocycles. The van der Waals surface area contributed by atoms with Gasteiger partial charge in [-0.15, -0.1) is 0 Å². The molecule has 3 heterocycles. The highest BCUT2D eigenvalue weighted by molar-refractivity contribution is 5.85. The van der Waals surface area contributed by atoms with E-state index in [0.717, 1.165) is 16.8 Å². The molecule has 1 unspecified atom stereocenters. The number of fused-ring (bicyclic) bond motifs is 3. The Bertz CT molecular complexity index is 945. The van der Waals surface area contributed by atoms with Crippen LogP contribution in [0.5, 0.6) is 11.5 Å². The monoisotopic (exact) mass is 308 g/mol. The molecule has 0 bridgehead atoms. The fourth-order valence-electron chi connectivity index (χ4n) is 3.06. The predicted molar refractivity (Wildman–Crippen MR) is 87.7 cm³/mol. The predicted octanol–water partition coefficient (Wildman–Crippen LogP) is 2.72. The lowest BCUT2D eigenvalue weighted by Gasteiger charge is -2.13. The number of ether oxygens (including phenoxy) is 2. The molecule has 116 valence electrons. The van der Waals surface area contributed by atoms with Crippen LogP contribution in [0.2, 0.25) is 0 Å². The second-order valence-electron chi connectivity index (χ2n) is 5.65. The molecule has 1 aliphatic heterocycles. The molecule has 3 aromatic rings. The molecule has 23 heavy (non-hydrogen) atoms. The summed E-state index contributed by atoms with van der Waals surface area (Å²) < 4.78 is 12.7. The summed E-state index contributed by atoms with van der Waals surface area (Å²) in [5.74, 6) is 1.42. The molecule has 0 N–H and O–H groups in total. The third-order valence-corrected chi connectivity index (χ3v) is 4.12. The maximum absolute atomic E-state index is 13.0. The lowest BCUT2D eigenvalue weighted by molar-refractivity contribution is 0.257. The number of aromatic nitrogens is 2. The summed E-state index contributed by atoms with van der Waals surface area (Å²) >= 11 is 0. The molecule has 0 spiro atoms. The molecular weight excluding hydrogens is 292 g/mol. The van der Waals surface area contributed by atoms with Crippen LogP contribution >= 0.6 is 0 Å². The maximum atomic E-state index is 13.0. The Kier molecular flexibility index (Phi) is 3.08. The molecular formula is C18H16N2O3. The lowest BCUT2D eigenvalue weighted by Crippen LogP contribution is -2.22. The Morgan fingerprint density at radius 2 is 2.04 bits per heavy atom. The van der Waals surface area contributed by atoms with Crippen LogP contribution in [0.1, 0.15) is 12.5 Å². The van der Waals surface area contributed by atoms with Crippen molar-refractivity contribution in [3.63, 3.8) is 0 Å². The van der Waals surface area contributed by atoms with Crippen LogP contribution in [-0.4, -0.2) is 22.8 Å². The van der Waals surface area contributed by atoms with E-state index in [1.54, 1.807) is 17.9 Å². The topological polar surface area (TPSA) is 53.4 Å². The second kappa shape index (κ2) is 5.12. The smallest absolute Gasteiger partial charge is 0.263 e. The standard InChI is InChI=1S/C18H16N2O3/c1-11-10-15-16(23-11)14-4-3-9-19-17(14)20(18(15)21)12-5-7-13(22-2)8-6-12/h3-9,11H,10H2,1-2H3. The summed E-state index contributed by atoms with van der Waals surface area (Å²) in [6.07, 6.45) is 2.31. The highest BCUT2D eigenvalue weighted by Crippen LogP contribution is 2.34. The van der Waals surface area contributed by atoms with Crippen molar-refractivity contribution in [1.29, 1.82) is 0 Å². The van der Waals surface area contributed by atoms with Crippen LogP contribution in [0, 0.1) is 0 Å². The third-order valence-electron chi connectivity index (χ3n) is 4.12. The summed E-state index contributed by atoms with van der Waals surface area (Å²) in [6, 6.07) is 11.2. The molecule has 0 aliphatic carbocycles. The first kappa shape index (κ1) is 13.8. The van der Waals surface area contributed by atoms with E-state index < -0.39 is 0 Å². The van der Waals surface area contributed by atoms with Gasteiger partial charge in [0.15, 0.2) is 5.65 Å². The second-order valence-corrected chi connectivity index (χ2v) is 5.65. The molecule has 0 radical (unpaired) electrons. The maximum Gasteiger partial charge on any atom is 0.263 e. The fraction of sp³-hybridized carbons (Fsp3) is 0.222. The van der Waals surface area contributed by atoms with Gasteiger partial charge in [0.2, 0.25) is 0 Å². The number of nitrogens with zero attached hydrogens (tertiary/aromatic N) is 2. The third kappa shape index (κ3) is 2.08. The summed E-state index contributed by atoms with van der Waals surface area (Å²) in [7, 11) is 1.62. The van der Waals surface area contributed by atoms with Gasteiger partial charge in [-0.1, -0.05) is 0 Å². The normalized spacial score (nSPS) is 16.2. The Morgan fingerprint density at radius 1 is 1.26 bits per heavy atom. The van der Waals surface area contributed by atoms with Crippen molar-refractivity contribution in [1.82, 2.24) is 9.55 Å². The minimum atomic E-state index is -0.0688. The van der Waals surface area contributed by atoms with Crippen LogP contribution in [0.25, 0.3) is 16.7 Å². The van der Waals surface area contributed by atoms with Gasteiger partial charge in [0.1, 0.15) is 17.6 Å². The quantitative estimate of drug-likeness (QED) is 0.730. The highest BCUT2D eigenvalue weighted by atomic mass is 16.5. The van der Waals surface area contributed by atoms with Gasteiger partial charge in [-0.3, -0.25) is 9.36 Å². The number of pyridine rings is 2. The molecule has 2 aromatic heterocycles. The number of hydrogen-bond acceptors (Lipinski definition) is 4. The van der Waals surface area contributed by atoms with Crippen molar-refractivity contribution in [2.24, 2.45) is 0 Å². The zero-order valence-corrected chi connectivity index (χ0v) is 12.9. The summed E-state index contributed by atoms with van der Waals surface area (Å²) in [5, 5.41) is 0.863. The first-order chi connectivity index (χ1) is 11.2. The Balaban J connectivity index is 2.05. The average Bonchev–Trinajstić information content (AvgIpc) is 2.98. The zero-order chi connectivity index (χ0) is 16.0. The van der Waals surface area contributed by atoms with Crippen molar-refractivity contribution < 1.29 is 9.47 Å². The lowest BCUT2D eigenvalue weighted by atomic mass is 10.1. The summed E-state index contributed by atoms with van der Waals surface area (Å²) in [6.45, 7) is 1.97. The highest BCUT2D eigenvalue weighted by Gasteiger charge is 2.27. The molecule has 5 nitrogen and oxygen atoms in total. The molecule has 0 amide bonds. The van der Waals surface area contributed by atoms with Gasteiger partial charge in [-0.05, 0) is 43.3 Å². The van der Waals surface area contributed by atoms with Crippen molar-refractivity contribution in [3.8, 4) is 17.2 Å². The van der Waals surface area contributed by atoms with Gasteiger partial charge in [0, 0.05) is 12.6 Å². The van der Waals surface area contributed by atoms with E-state index >= 15 is 0 Å². The van der Waals surface area contributed by atoms with Crippen molar-refractivity contribution >= 4 is 11.0 Å². The Morgan fingerprint density at radius 3 is 2.78 bits per heavy atom. The van der Waals surface area contributed by atoms with E-state index in [-0.39, 0.29) is 11.7 Å². The van der Waals surface area contributed by atoms with E-state index in [1.165, 1.54) is 0 Å². The molecule has 5 heteroatoms. The molecule has 0 fully saturated rings. The fourth-order valence-corrected chi connectivity index (χ4v) is 3.06. The van der Waals surface area contributed by atoms with E-state index in [2.05, 4.69) is 4.98 Å². The minimum Gasteiger partial charge on any atom is -0.497 e. The first-order valence-electron chi connectivity index (χ1n) is 7.52. The number of rotatable bonds is 2. The number of methoxy groups -OCH3 is 1. The van der Waals surface area contributed by atoms with Crippen LogP contribution in [0.4, 0.5) is 0 Å². The van der Waals surface area contributed by atoms with Gasteiger partial charge in [0.25, 0.3) is 5.56 Å². The molecule has 1 aliphatic rings. The largest absolute Gasteiger partial charge is 0.497 e. The van der Waals surface area contributed by atoms with Crippen LogP contribution in [0.3, 0.4) is 0 Å². The number of benzene rings is 1. The SMILES string of the molecule is COc1ccc(-n2c(=O)c3c(c4cccnc42)OC(C)C3)cc1. The Hall–Kier alpha value is -2.82. The van der Waals surface area contributed by atoms with E-state index in [4.69, 9.17) is 9.47 Å². The van der Waals surface area contributed by atoms with Crippen LogP contribution in [0.15, 0.2) is 47.4 Å². The van der Waals surface area contributed by atoms with Crippen molar-refractivity contribution in [3.05, 3.63) is 58.5 Å².